The Morgan fingerprint density at radius 3 is 2.53 bits per heavy atom. The molecule has 90 valence electrons. The highest BCUT2D eigenvalue weighted by atomic mass is 16.2. The number of H-pyrrole nitrogens is 1. The lowest BCUT2D eigenvalue weighted by molar-refractivity contribution is 0.101. The average molecular weight is 232 g/mol. The number of nitrogens with zero attached hydrogens (tertiary/aromatic N) is 2. The summed E-state index contributed by atoms with van der Waals surface area (Å²) in [6.45, 7) is 5.80. The van der Waals surface area contributed by atoms with Crippen molar-refractivity contribution in [1.29, 1.82) is 0 Å². The summed E-state index contributed by atoms with van der Waals surface area (Å²) in [7, 11) is 1.87. The van der Waals surface area contributed by atoms with Crippen molar-refractivity contribution in [2.75, 3.05) is 5.32 Å². The fourth-order valence-corrected chi connectivity index (χ4v) is 1.62. The summed E-state index contributed by atoms with van der Waals surface area (Å²) >= 11 is 0. The zero-order valence-corrected chi connectivity index (χ0v) is 10.5. The molecular formula is C12H16N4O. The highest BCUT2D eigenvalue weighted by Crippen LogP contribution is 2.15. The highest BCUT2D eigenvalue weighted by molar-refractivity contribution is 6.03. The predicted octanol–water partition coefficient (Wildman–Crippen LogP) is 1.93. The number of anilines is 1. The quantitative estimate of drug-likeness (QED) is 0.831. The molecule has 0 spiro atoms. The fourth-order valence-electron chi connectivity index (χ4n) is 1.62. The molecule has 2 aromatic rings. The molecule has 0 saturated carbocycles. The van der Waals surface area contributed by atoms with Crippen LogP contribution < -0.4 is 5.32 Å². The molecule has 2 aromatic heterocycles. The summed E-state index contributed by atoms with van der Waals surface area (Å²) in [5.74, 6) is 0.446. The number of amides is 1. The Kier molecular flexibility index (Phi) is 2.75. The minimum atomic E-state index is -0.143. The van der Waals surface area contributed by atoms with E-state index in [2.05, 4.69) is 15.5 Å². The fraction of sp³-hybridized carbons (Fsp3) is 0.333. The first-order chi connectivity index (χ1) is 8.00. The maximum absolute atomic E-state index is 12.0. The molecule has 0 aromatic carbocycles. The molecule has 0 radical (unpaired) electrons. The van der Waals surface area contributed by atoms with Crippen molar-refractivity contribution in [2.45, 2.75) is 20.8 Å². The zero-order valence-electron chi connectivity index (χ0n) is 10.5. The lowest BCUT2D eigenvalue weighted by Gasteiger charge is -2.05. The zero-order chi connectivity index (χ0) is 12.6. The highest BCUT2D eigenvalue weighted by Gasteiger charge is 2.14. The van der Waals surface area contributed by atoms with Crippen LogP contribution in [0.15, 0.2) is 12.1 Å². The number of nitrogens with one attached hydrogen (secondary N) is 2. The molecule has 2 N–H and O–H groups in total. The largest absolute Gasteiger partial charge is 0.344 e. The first kappa shape index (κ1) is 11.4. The van der Waals surface area contributed by atoms with Crippen LogP contribution in [0.5, 0.6) is 0 Å². The smallest absolute Gasteiger partial charge is 0.273 e. The third-order valence-corrected chi connectivity index (χ3v) is 3.09. The van der Waals surface area contributed by atoms with Gasteiger partial charge in [0.05, 0.1) is 0 Å². The van der Waals surface area contributed by atoms with Gasteiger partial charge in [-0.3, -0.25) is 9.89 Å². The number of rotatable bonds is 2. The van der Waals surface area contributed by atoms with Crippen molar-refractivity contribution in [3.8, 4) is 0 Å². The van der Waals surface area contributed by atoms with Crippen LogP contribution in [0, 0.1) is 20.8 Å². The average Bonchev–Trinajstić information content (AvgIpc) is 2.77. The van der Waals surface area contributed by atoms with Crippen LogP contribution in [0.4, 0.5) is 5.82 Å². The summed E-state index contributed by atoms with van der Waals surface area (Å²) in [4.78, 5) is 12.0. The molecule has 0 aliphatic heterocycles. The van der Waals surface area contributed by atoms with Crippen LogP contribution in [0.2, 0.25) is 0 Å². The van der Waals surface area contributed by atoms with Gasteiger partial charge in [0.1, 0.15) is 5.69 Å². The first-order valence-electron chi connectivity index (χ1n) is 5.46. The van der Waals surface area contributed by atoms with Gasteiger partial charge in [0, 0.05) is 24.0 Å². The van der Waals surface area contributed by atoms with E-state index in [1.54, 1.807) is 6.07 Å². The van der Waals surface area contributed by atoms with Gasteiger partial charge in [0.15, 0.2) is 5.82 Å². The van der Waals surface area contributed by atoms with Gasteiger partial charge in [0.25, 0.3) is 5.91 Å². The van der Waals surface area contributed by atoms with Crippen molar-refractivity contribution < 1.29 is 4.79 Å². The summed E-state index contributed by atoms with van der Waals surface area (Å²) < 4.78 is 1.85. The van der Waals surface area contributed by atoms with E-state index in [1.807, 2.05) is 38.5 Å². The number of carbonyl (C=O) groups is 1. The van der Waals surface area contributed by atoms with Gasteiger partial charge in [-0.25, -0.2) is 0 Å². The normalized spacial score (nSPS) is 10.6. The third kappa shape index (κ3) is 1.95. The van der Waals surface area contributed by atoms with E-state index in [0.717, 1.165) is 17.0 Å². The standard InChI is InChI=1S/C12H16N4O/c1-7-5-6-10(16(7)4)12(17)13-11-8(2)9(3)14-15-11/h5-6H,1-4H3,(H2,13,14,15,17). The molecule has 5 nitrogen and oxygen atoms in total. The van der Waals surface area contributed by atoms with E-state index in [4.69, 9.17) is 0 Å². The summed E-state index contributed by atoms with van der Waals surface area (Å²) in [6, 6.07) is 3.72. The second-order valence-electron chi connectivity index (χ2n) is 4.20. The Hall–Kier alpha value is -2.04. The Balaban J connectivity index is 2.23. The minimum Gasteiger partial charge on any atom is -0.344 e. The molecule has 0 aliphatic rings. The van der Waals surface area contributed by atoms with Crippen LogP contribution in [0.25, 0.3) is 0 Å². The maximum Gasteiger partial charge on any atom is 0.273 e. The molecular weight excluding hydrogens is 216 g/mol. The van der Waals surface area contributed by atoms with E-state index in [0.29, 0.717) is 11.5 Å². The second kappa shape index (κ2) is 4.08. The molecule has 17 heavy (non-hydrogen) atoms. The summed E-state index contributed by atoms with van der Waals surface area (Å²) in [5, 5.41) is 9.69. The number of hydrogen-bond acceptors (Lipinski definition) is 2. The van der Waals surface area contributed by atoms with Crippen molar-refractivity contribution in [3.63, 3.8) is 0 Å². The molecule has 0 saturated heterocycles. The lowest BCUT2D eigenvalue weighted by Crippen LogP contribution is -2.16. The lowest BCUT2D eigenvalue weighted by atomic mass is 10.3. The van der Waals surface area contributed by atoms with Crippen LogP contribution in [-0.2, 0) is 7.05 Å². The maximum atomic E-state index is 12.0. The van der Waals surface area contributed by atoms with Gasteiger partial charge in [-0.1, -0.05) is 0 Å². The van der Waals surface area contributed by atoms with E-state index < -0.39 is 0 Å². The topological polar surface area (TPSA) is 62.7 Å². The molecule has 0 bridgehead atoms. The van der Waals surface area contributed by atoms with E-state index >= 15 is 0 Å². The molecule has 0 atom stereocenters. The van der Waals surface area contributed by atoms with Crippen molar-refractivity contribution in [3.05, 3.63) is 34.8 Å². The molecule has 2 rings (SSSR count). The Labute approximate surface area is 99.8 Å². The van der Waals surface area contributed by atoms with Crippen LogP contribution in [0.1, 0.15) is 27.4 Å². The van der Waals surface area contributed by atoms with Crippen LogP contribution in [0.3, 0.4) is 0 Å². The Bertz CT molecular complexity index is 565. The Morgan fingerprint density at radius 1 is 1.35 bits per heavy atom. The van der Waals surface area contributed by atoms with Gasteiger partial charge in [-0.2, -0.15) is 5.10 Å². The van der Waals surface area contributed by atoms with Gasteiger partial charge in [-0.05, 0) is 32.9 Å². The van der Waals surface area contributed by atoms with Gasteiger partial charge >= 0.3 is 0 Å². The van der Waals surface area contributed by atoms with Gasteiger partial charge in [-0.15, -0.1) is 0 Å². The number of aromatic nitrogens is 3. The molecule has 1 amide bonds. The first-order valence-corrected chi connectivity index (χ1v) is 5.46. The molecule has 0 unspecified atom stereocenters. The van der Waals surface area contributed by atoms with E-state index in [9.17, 15) is 4.79 Å². The van der Waals surface area contributed by atoms with E-state index in [1.165, 1.54) is 0 Å². The number of carbonyl (C=O) groups excluding carboxylic acids is 1. The monoisotopic (exact) mass is 232 g/mol. The van der Waals surface area contributed by atoms with Crippen LogP contribution >= 0.6 is 0 Å². The minimum absolute atomic E-state index is 0.143. The van der Waals surface area contributed by atoms with Crippen molar-refractivity contribution in [1.82, 2.24) is 14.8 Å². The molecule has 5 heteroatoms. The summed E-state index contributed by atoms with van der Waals surface area (Å²) in [6.07, 6.45) is 0. The van der Waals surface area contributed by atoms with Gasteiger partial charge < -0.3 is 9.88 Å². The number of aromatic amines is 1. The number of hydrogen-bond donors (Lipinski definition) is 2. The number of aryl methyl sites for hydroxylation is 2. The molecule has 0 aliphatic carbocycles. The van der Waals surface area contributed by atoms with Crippen molar-refractivity contribution >= 4 is 11.7 Å². The van der Waals surface area contributed by atoms with E-state index in [-0.39, 0.29) is 5.91 Å². The van der Waals surface area contributed by atoms with Crippen molar-refractivity contribution in [2.24, 2.45) is 7.05 Å². The molecule has 0 fully saturated rings. The van der Waals surface area contributed by atoms with Gasteiger partial charge in [0.2, 0.25) is 0 Å². The summed E-state index contributed by atoms with van der Waals surface area (Å²) in [5.41, 5.74) is 3.60. The SMILES string of the molecule is Cc1[nH]nc(NC(=O)c2ccc(C)n2C)c1C. The van der Waals surface area contributed by atoms with Crippen LogP contribution in [-0.4, -0.2) is 20.7 Å². The predicted molar refractivity (Wildman–Crippen MR) is 66.2 cm³/mol. The second-order valence-corrected chi connectivity index (χ2v) is 4.20. The Morgan fingerprint density at radius 2 is 2.06 bits per heavy atom. The molecule has 2 heterocycles. The third-order valence-electron chi connectivity index (χ3n) is 3.09.